The van der Waals surface area contributed by atoms with Gasteiger partial charge in [-0.3, -0.25) is 0 Å². The number of rotatable bonds is 0. The van der Waals surface area contributed by atoms with Gasteiger partial charge in [0.2, 0.25) is 0 Å². The summed E-state index contributed by atoms with van der Waals surface area (Å²) in [6, 6.07) is 0. The Labute approximate surface area is 75.7 Å². The minimum atomic E-state index is -0.445. The van der Waals surface area contributed by atoms with Crippen LogP contribution in [0.1, 0.15) is 0 Å². The van der Waals surface area contributed by atoms with Gasteiger partial charge in [-0.05, 0) is 22.6 Å². The van der Waals surface area contributed by atoms with Crippen LogP contribution in [0.25, 0.3) is 0 Å². The van der Waals surface area contributed by atoms with Gasteiger partial charge in [-0.25, -0.2) is 9.37 Å². The first-order valence-corrected chi connectivity index (χ1v) is 3.83. The monoisotopic (exact) mass is 272 g/mol. The molecule has 0 unspecified atom stereocenters. The van der Waals surface area contributed by atoms with Crippen molar-refractivity contribution in [3.63, 3.8) is 0 Å². The maximum atomic E-state index is 12.5. The van der Waals surface area contributed by atoms with Crippen molar-refractivity contribution in [2.45, 2.75) is 0 Å². The van der Waals surface area contributed by atoms with Gasteiger partial charge >= 0.3 is 0 Å². The molecule has 0 spiro atoms. The lowest BCUT2D eigenvalue weighted by Crippen LogP contribution is -1.95. The Morgan fingerprint density at radius 1 is 1.70 bits per heavy atom. The molecular formula is C5H3ClFIN2. The van der Waals surface area contributed by atoms with Crippen LogP contribution in [0.5, 0.6) is 0 Å². The minimum Gasteiger partial charge on any atom is -0.382 e. The van der Waals surface area contributed by atoms with Crippen LogP contribution in [0.4, 0.5) is 10.2 Å². The van der Waals surface area contributed by atoms with E-state index in [4.69, 9.17) is 17.3 Å². The first kappa shape index (κ1) is 8.00. The summed E-state index contributed by atoms with van der Waals surface area (Å²) >= 11 is 7.32. The van der Waals surface area contributed by atoms with Gasteiger partial charge in [-0.15, -0.1) is 0 Å². The van der Waals surface area contributed by atoms with Crippen LogP contribution in [-0.2, 0) is 0 Å². The van der Waals surface area contributed by atoms with E-state index in [0.717, 1.165) is 6.20 Å². The molecule has 0 aliphatic carbocycles. The second-order valence-electron chi connectivity index (χ2n) is 1.62. The standard InChI is InChI=1S/C5H3ClFIN2/c6-3-4(8)2(7)1-10-5(3)9/h1H,(H2,9,10). The van der Waals surface area contributed by atoms with Crippen molar-refractivity contribution >= 4 is 40.0 Å². The predicted molar refractivity (Wildman–Crippen MR) is 46.3 cm³/mol. The summed E-state index contributed by atoms with van der Waals surface area (Å²) in [5.74, 6) is -0.285. The second-order valence-corrected chi connectivity index (χ2v) is 3.08. The summed E-state index contributed by atoms with van der Waals surface area (Å²) < 4.78 is 12.9. The van der Waals surface area contributed by atoms with E-state index in [1.807, 2.05) is 0 Å². The van der Waals surface area contributed by atoms with Crippen molar-refractivity contribution in [1.82, 2.24) is 4.98 Å². The number of hydrogen-bond acceptors (Lipinski definition) is 2. The molecule has 1 rings (SSSR count). The second kappa shape index (κ2) is 2.87. The molecular weight excluding hydrogens is 269 g/mol. The number of nitrogen functional groups attached to an aromatic ring is 1. The van der Waals surface area contributed by atoms with E-state index in [1.165, 1.54) is 0 Å². The topological polar surface area (TPSA) is 38.9 Å². The molecule has 10 heavy (non-hydrogen) atoms. The number of hydrogen-bond donors (Lipinski definition) is 1. The highest BCUT2D eigenvalue weighted by molar-refractivity contribution is 14.1. The third-order valence-corrected chi connectivity index (χ3v) is 2.70. The largest absolute Gasteiger partial charge is 0.382 e. The Kier molecular flexibility index (Phi) is 2.30. The van der Waals surface area contributed by atoms with E-state index in [1.54, 1.807) is 22.6 Å². The number of nitrogens with zero attached hydrogens (tertiary/aromatic N) is 1. The highest BCUT2D eigenvalue weighted by atomic mass is 127. The van der Waals surface area contributed by atoms with Gasteiger partial charge in [0.25, 0.3) is 0 Å². The molecule has 0 aromatic carbocycles. The first-order chi connectivity index (χ1) is 4.63. The van der Waals surface area contributed by atoms with Crippen LogP contribution in [-0.4, -0.2) is 4.98 Å². The van der Waals surface area contributed by atoms with Gasteiger partial charge in [0.05, 0.1) is 14.8 Å². The molecule has 0 atom stereocenters. The fourth-order valence-electron chi connectivity index (χ4n) is 0.457. The summed E-state index contributed by atoms with van der Waals surface area (Å²) in [4.78, 5) is 3.51. The lowest BCUT2D eigenvalue weighted by molar-refractivity contribution is 0.614. The van der Waals surface area contributed by atoms with Gasteiger partial charge in [-0.1, -0.05) is 11.6 Å². The zero-order chi connectivity index (χ0) is 7.72. The quantitative estimate of drug-likeness (QED) is 0.734. The normalized spacial score (nSPS) is 9.90. The summed E-state index contributed by atoms with van der Waals surface area (Å²) in [6.07, 6.45) is 1.04. The molecule has 2 nitrogen and oxygen atoms in total. The molecule has 2 N–H and O–H groups in total. The third kappa shape index (κ3) is 1.32. The Morgan fingerprint density at radius 3 is 2.80 bits per heavy atom. The Balaban J connectivity index is 3.34. The van der Waals surface area contributed by atoms with Crippen LogP contribution in [0.15, 0.2) is 6.20 Å². The Morgan fingerprint density at radius 2 is 2.30 bits per heavy atom. The number of halogens is 3. The van der Waals surface area contributed by atoms with Crippen molar-refractivity contribution in [3.05, 3.63) is 20.6 Å². The lowest BCUT2D eigenvalue weighted by atomic mass is 10.4. The molecule has 0 aliphatic rings. The van der Waals surface area contributed by atoms with E-state index >= 15 is 0 Å². The number of pyridine rings is 1. The molecule has 1 heterocycles. The van der Waals surface area contributed by atoms with E-state index in [2.05, 4.69) is 4.98 Å². The predicted octanol–water partition coefficient (Wildman–Crippen LogP) is 2.06. The van der Waals surface area contributed by atoms with Gasteiger partial charge < -0.3 is 5.73 Å². The Hall–Kier alpha value is -0.100. The molecule has 0 saturated carbocycles. The SMILES string of the molecule is Nc1ncc(F)c(I)c1Cl. The molecule has 0 saturated heterocycles. The lowest BCUT2D eigenvalue weighted by Gasteiger charge is -1.98. The number of anilines is 1. The van der Waals surface area contributed by atoms with Gasteiger partial charge in [0.15, 0.2) is 5.82 Å². The van der Waals surface area contributed by atoms with Gasteiger partial charge in [0, 0.05) is 0 Å². The van der Waals surface area contributed by atoms with Crippen molar-refractivity contribution in [2.75, 3.05) is 5.73 Å². The Bertz CT molecular complexity index is 239. The highest BCUT2D eigenvalue weighted by Crippen LogP contribution is 2.24. The zero-order valence-corrected chi connectivity index (χ0v) is 7.65. The highest BCUT2D eigenvalue weighted by Gasteiger charge is 2.06. The molecule has 0 aliphatic heterocycles. The zero-order valence-electron chi connectivity index (χ0n) is 4.74. The van der Waals surface area contributed by atoms with Crippen LogP contribution < -0.4 is 5.73 Å². The van der Waals surface area contributed by atoms with Gasteiger partial charge in [-0.2, -0.15) is 0 Å². The summed E-state index contributed by atoms with van der Waals surface area (Å²) in [7, 11) is 0. The summed E-state index contributed by atoms with van der Waals surface area (Å²) in [5, 5.41) is 0.181. The average molecular weight is 272 g/mol. The van der Waals surface area contributed by atoms with Gasteiger partial charge in [0.1, 0.15) is 5.82 Å². The molecule has 0 bridgehead atoms. The fraction of sp³-hybridized carbons (Fsp3) is 0. The maximum Gasteiger partial charge on any atom is 0.156 e. The molecule has 0 radical (unpaired) electrons. The van der Waals surface area contributed by atoms with Crippen molar-refractivity contribution in [1.29, 1.82) is 0 Å². The van der Waals surface area contributed by atoms with Crippen LogP contribution >= 0.6 is 34.2 Å². The smallest absolute Gasteiger partial charge is 0.156 e. The molecule has 0 fully saturated rings. The van der Waals surface area contributed by atoms with Crippen LogP contribution in [0.2, 0.25) is 5.02 Å². The third-order valence-electron chi connectivity index (χ3n) is 0.944. The van der Waals surface area contributed by atoms with Crippen LogP contribution in [0.3, 0.4) is 0 Å². The summed E-state index contributed by atoms with van der Waals surface area (Å²) in [5.41, 5.74) is 5.28. The molecule has 1 aromatic heterocycles. The van der Waals surface area contributed by atoms with E-state index in [9.17, 15) is 4.39 Å². The molecule has 54 valence electrons. The van der Waals surface area contributed by atoms with E-state index < -0.39 is 5.82 Å². The summed E-state index contributed by atoms with van der Waals surface area (Å²) in [6.45, 7) is 0. The number of aromatic nitrogens is 1. The van der Waals surface area contributed by atoms with Crippen LogP contribution in [0, 0.1) is 9.39 Å². The molecule has 1 aromatic rings. The fourth-order valence-corrected chi connectivity index (χ4v) is 1.01. The van der Waals surface area contributed by atoms with E-state index in [0.29, 0.717) is 3.57 Å². The first-order valence-electron chi connectivity index (χ1n) is 2.38. The van der Waals surface area contributed by atoms with E-state index in [-0.39, 0.29) is 10.8 Å². The van der Waals surface area contributed by atoms with Crippen molar-refractivity contribution in [3.8, 4) is 0 Å². The van der Waals surface area contributed by atoms with Crippen molar-refractivity contribution < 1.29 is 4.39 Å². The van der Waals surface area contributed by atoms with Crippen molar-refractivity contribution in [2.24, 2.45) is 0 Å². The average Bonchev–Trinajstić information content (AvgIpc) is 1.93. The molecule has 5 heteroatoms. The minimum absolute atomic E-state index is 0.160. The maximum absolute atomic E-state index is 12.5. The molecule has 0 amide bonds. The number of nitrogens with two attached hydrogens (primary N) is 1.